The van der Waals surface area contributed by atoms with E-state index in [1.54, 1.807) is 37.3 Å². The number of hydrogen-bond acceptors (Lipinski definition) is 6. The minimum absolute atomic E-state index is 0.0876. The Labute approximate surface area is 191 Å². The van der Waals surface area contributed by atoms with E-state index in [4.69, 9.17) is 18.6 Å². The highest BCUT2D eigenvalue weighted by Gasteiger charge is 2.40. The number of aryl methyl sites for hydroxylation is 1. The summed E-state index contributed by atoms with van der Waals surface area (Å²) in [6, 6.07) is 16.2. The van der Waals surface area contributed by atoms with Crippen LogP contribution in [0.3, 0.4) is 0 Å². The smallest absolute Gasteiger partial charge is 0.453 e. The number of esters is 1. The standard InChI is InChI=1S/C25H17F3O6/c1-14-7-3-4-8-16(14)24(30)32-15-11-12-17-20(13-15)34-23(25(26,27)28)22(21(17)29)33-19-10-6-5-9-18(19)31-2/h3-13H,1-2H3. The first-order valence-corrected chi connectivity index (χ1v) is 9.96. The molecule has 0 saturated carbocycles. The van der Waals surface area contributed by atoms with E-state index in [2.05, 4.69) is 0 Å². The van der Waals surface area contributed by atoms with E-state index < -0.39 is 34.7 Å². The highest BCUT2D eigenvalue weighted by molar-refractivity contribution is 5.93. The van der Waals surface area contributed by atoms with Crippen molar-refractivity contribution < 1.29 is 36.6 Å². The number of carbonyl (C=O) groups is 1. The fourth-order valence-electron chi connectivity index (χ4n) is 3.28. The molecule has 9 heteroatoms. The summed E-state index contributed by atoms with van der Waals surface area (Å²) in [6.45, 7) is 1.72. The number of methoxy groups -OCH3 is 1. The summed E-state index contributed by atoms with van der Waals surface area (Å²) in [6.07, 6.45) is -5.04. The molecule has 0 spiro atoms. The number of alkyl halides is 3. The van der Waals surface area contributed by atoms with E-state index in [1.807, 2.05) is 0 Å². The van der Waals surface area contributed by atoms with Crippen LogP contribution in [0.25, 0.3) is 11.0 Å². The molecular formula is C25H17F3O6. The largest absolute Gasteiger partial charge is 0.493 e. The number of carbonyl (C=O) groups excluding carboxylic acids is 1. The highest BCUT2D eigenvalue weighted by Crippen LogP contribution is 2.40. The van der Waals surface area contributed by atoms with E-state index in [1.165, 1.54) is 37.4 Å². The molecule has 4 aromatic rings. The first-order chi connectivity index (χ1) is 16.2. The molecule has 1 aromatic heterocycles. The molecule has 6 nitrogen and oxygen atoms in total. The van der Waals surface area contributed by atoms with Crippen LogP contribution in [0.2, 0.25) is 0 Å². The van der Waals surface area contributed by atoms with Gasteiger partial charge in [0, 0.05) is 6.07 Å². The minimum atomic E-state index is -5.04. The van der Waals surface area contributed by atoms with Crippen molar-refractivity contribution >= 4 is 16.9 Å². The van der Waals surface area contributed by atoms with Crippen molar-refractivity contribution in [3.63, 3.8) is 0 Å². The fraction of sp³-hybridized carbons (Fsp3) is 0.120. The second-order valence-corrected chi connectivity index (χ2v) is 7.20. The Morgan fingerprint density at radius 1 is 0.941 bits per heavy atom. The van der Waals surface area contributed by atoms with Gasteiger partial charge in [-0.2, -0.15) is 13.2 Å². The van der Waals surface area contributed by atoms with Gasteiger partial charge in [-0.3, -0.25) is 4.79 Å². The average Bonchev–Trinajstić information content (AvgIpc) is 2.80. The van der Waals surface area contributed by atoms with Crippen LogP contribution in [0.4, 0.5) is 13.2 Å². The molecule has 3 aromatic carbocycles. The summed E-state index contributed by atoms with van der Waals surface area (Å²) in [7, 11) is 1.31. The van der Waals surface area contributed by atoms with Crippen LogP contribution < -0.4 is 19.6 Å². The molecule has 34 heavy (non-hydrogen) atoms. The van der Waals surface area contributed by atoms with Crippen molar-refractivity contribution in [1.82, 2.24) is 0 Å². The van der Waals surface area contributed by atoms with Crippen molar-refractivity contribution in [2.24, 2.45) is 0 Å². The summed E-state index contributed by atoms with van der Waals surface area (Å²) in [4.78, 5) is 25.4. The molecule has 174 valence electrons. The van der Waals surface area contributed by atoms with Crippen LogP contribution in [-0.2, 0) is 6.18 Å². The quantitative estimate of drug-likeness (QED) is 0.258. The molecule has 4 rings (SSSR count). The van der Waals surface area contributed by atoms with E-state index in [0.717, 1.165) is 6.07 Å². The zero-order valence-corrected chi connectivity index (χ0v) is 17.9. The third-order valence-corrected chi connectivity index (χ3v) is 4.94. The average molecular weight is 470 g/mol. The Bertz CT molecular complexity index is 1440. The number of ether oxygens (including phenoxy) is 3. The second-order valence-electron chi connectivity index (χ2n) is 7.20. The molecule has 0 radical (unpaired) electrons. The molecule has 0 aliphatic carbocycles. The highest BCUT2D eigenvalue weighted by atomic mass is 19.4. The topological polar surface area (TPSA) is 75.0 Å². The zero-order valence-electron chi connectivity index (χ0n) is 17.9. The Hall–Kier alpha value is -4.27. The van der Waals surface area contributed by atoms with Crippen molar-refractivity contribution in [2.75, 3.05) is 7.11 Å². The zero-order chi connectivity index (χ0) is 24.5. The third-order valence-electron chi connectivity index (χ3n) is 4.94. The Balaban J connectivity index is 1.78. The van der Waals surface area contributed by atoms with Gasteiger partial charge < -0.3 is 18.6 Å². The van der Waals surface area contributed by atoms with E-state index in [9.17, 15) is 22.8 Å². The number of para-hydroxylation sites is 2. The van der Waals surface area contributed by atoms with Gasteiger partial charge in [-0.15, -0.1) is 0 Å². The summed E-state index contributed by atoms with van der Waals surface area (Å²) < 4.78 is 62.1. The molecule has 0 bridgehead atoms. The summed E-state index contributed by atoms with van der Waals surface area (Å²) in [5, 5.41) is -0.186. The number of halogens is 3. The van der Waals surface area contributed by atoms with Crippen molar-refractivity contribution in [1.29, 1.82) is 0 Å². The van der Waals surface area contributed by atoms with E-state index >= 15 is 0 Å². The SMILES string of the molecule is COc1ccccc1Oc1c(C(F)(F)F)oc2cc(OC(=O)c3ccccc3C)ccc2c1=O. The van der Waals surface area contributed by atoms with Gasteiger partial charge in [0.05, 0.1) is 18.1 Å². The maximum Gasteiger partial charge on any atom is 0.453 e. The first-order valence-electron chi connectivity index (χ1n) is 9.96. The first kappa shape index (κ1) is 22.9. The van der Waals surface area contributed by atoms with Crippen molar-refractivity contribution in [3.05, 3.63) is 93.8 Å². The van der Waals surface area contributed by atoms with Gasteiger partial charge in [0.2, 0.25) is 11.2 Å². The molecule has 0 fully saturated rings. The van der Waals surface area contributed by atoms with Crippen LogP contribution in [0.5, 0.6) is 23.0 Å². The molecule has 0 aliphatic heterocycles. The molecule has 0 N–H and O–H groups in total. The van der Waals surface area contributed by atoms with E-state index in [0.29, 0.717) is 11.1 Å². The Kier molecular flexibility index (Phi) is 6.02. The van der Waals surface area contributed by atoms with Crippen molar-refractivity contribution in [3.8, 4) is 23.0 Å². The van der Waals surface area contributed by atoms with Crippen molar-refractivity contribution in [2.45, 2.75) is 13.1 Å². The lowest BCUT2D eigenvalue weighted by molar-refractivity contribution is -0.154. The maximum atomic E-state index is 13.8. The lowest BCUT2D eigenvalue weighted by Crippen LogP contribution is -2.16. The van der Waals surface area contributed by atoms with Crippen LogP contribution in [0.1, 0.15) is 21.7 Å². The molecule has 0 saturated heterocycles. The number of rotatable bonds is 5. The number of hydrogen-bond donors (Lipinski definition) is 0. The van der Waals surface area contributed by atoms with Crippen LogP contribution in [-0.4, -0.2) is 13.1 Å². The molecule has 0 unspecified atom stereocenters. The maximum absolute atomic E-state index is 13.8. The lowest BCUT2D eigenvalue weighted by atomic mass is 10.1. The van der Waals surface area contributed by atoms with Gasteiger partial charge in [-0.05, 0) is 42.8 Å². The fourth-order valence-corrected chi connectivity index (χ4v) is 3.28. The van der Waals surface area contributed by atoms with Gasteiger partial charge >= 0.3 is 12.1 Å². The van der Waals surface area contributed by atoms with Crippen LogP contribution in [0, 0.1) is 6.92 Å². The van der Waals surface area contributed by atoms with Gasteiger partial charge in [-0.25, -0.2) is 4.79 Å². The Morgan fingerprint density at radius 2 is 1.62 bits per heavy atom. The summed E-state index contributed by atoms with van der Waals surface area (Å²) in [5.41, 5.74) is -0.506. The molecule has 1 heterocycles. The van der Waals surface area contributed by atoms with Gasteiger partial charge in [0.15, 0.2) is 11.5 Å². The van der Waals surface area contributed by atoms with E-state index in [-0.39, 0.29) is 22.6 Å². The molecule has 0 amide bonds. The second kappa shape index (κ2) is 8.93. The normalized spacial score (nSPS) is 11.3. The van der Waals surface area contributed by atoms with Crippen LogP contribution in [0.15, 0.2) is 75.9 Å². The predicted molar refractivity (Wildman–Crippen MR) is 117 cm³/mol. The van der Waals surface area contributed by atoms with Crippen LogP contribution >= 0.6 is 0 Å². The summed E-state index contributed by atoms with van der Waals surface area (Å²) in [5.74, 6) is -3.41. The lowest BCUT2D eigenvalue weighted by Gasteiger charge is -2.15. The van der Waals surface area contributed by atoms with Gasteiger partial charge in [-0.1, -0.05) is 30.3 Å². The van der Waals surface area contributed by atoms with Gasteiger partial charge in [0.1, 0.15) is 11.3 Å². The molecular weight excluding hydrogens is 453 g/mol. The third kappa shape index (κ3) is 4.45. The Morgan fingerprint density at radius 3 is 2.29 bits per heavy atom. The number of benzene rings is 3. The predicted octanol–water partition coefficient (Wildman–Crippen LogP) is 6.14. The number of fused-ring (bicyclic) bond motifs is 1. The summed E-state index contributed by atoms with van der Waals surface area (Å²) >= 11 is 0. The minimum Gasteiger partial charge on any atom is -0.493 e. The molecule has 0 atom stereocenters. The van der Waals surface area contributed by atoms with Gasteiger partial charge in [0.25, 0.3) is 5.76 Å². The molecule has 0 aliphatic rings. The monoisotopic (exact) mass is 470 g/mol.